The van der Waals surface area contributed by atoms with Crippen LogP contribution in [-0.4, -0.2) is 66.4 Å². The van der Waals surface area contributed by atoms with Gasteiger partial charge in [0.25, 0.3) is 5.91 Å². The zero-order valence-electron chi connectivity index (χ0n) is 20.4. The number of nitrogens with one attached hydrogen (secondary N) is 2. The average Bonchev–Trinajstić information content (AvgIpc) is 3.26. The Morgan fingerprint density at radius 2 is 2.03 bits per heavy atom. The van der Waals surface area contributed by atoms with E-state index in [9.17, 15) is 13.2 Å². The molecule has 0 aliphatic carbocycles. The molecule has 192 valence electrons. The fourth-order valence-corrected chi connectivity index (χ4v) is 5.74. The molecular formula is C24H30ClN7O3S. The van der Waals surface area contributed by atoms with E-state index in [-0.39, 0.29) is 23.2 Å². The summed E-state index contributed by atoms with van der Waals surface area (Å²) in [5, 5.41) is 8.55. The van der Waals surface area contributed by atoms with Crippen LogP contribution in [-0.2, 0) is 10.0 Å². The molecule has 2 aliphatic rings. The van der Waals surface area contributed by atoms with Crippen LogP contribution in [0.1, 0.15) is 53.3 Å². The maximum atomic E-state index is 13.7. The summed E-state index contributed by atoms with van der Waals surface area (Å²) in [5.74, 6) is 0.655. The second-order valence-electron chi connectivity index (χ2n) is 9.47. The number of sulfonamides is 1. The lowest BCUT2D eigenvalue weighted by Gasteiger charge is -2.35. The number of fused-ring (bicyclic) bond motifs is 1. The largest absolute Gasteiger partial charge is 0.343 e. The first kappa shape index (κ1) is 24.8. The highest BCUT2D eigenvalue weighted by Gasteiger charge is 2.32. The predicted molar refractivity (Wildman–Crippen MR) is 140 cm³/mol. The number of anilines is 2. The number of piperidine rings is 1. The smallest absolute Gasteiger partial charge is 0.256 e. The highest BCUT2D eigenvalue weighted by Crippen LogP contribution is 2.34. The Bertz CT molecular complexity index is 1400. The van der Waals surface area contributed by atoms with Crippen molar-refractivity contribution in [2.45, 2.75) is 38.6 Å². The molecule has 0 unspecified atom stereocenters. The first-order valence-corrected chi connectivity index (χ1v) is 14.4. The van der Waals surface area contributed by atoms with Crippen LogP contribution in [0.4, 0.5) is 11.5 Å². The van der Waals surface area contributed by atoms with Crippen LogP contribution in [0, 0.1) is 6.92 Å². The minimum Gasteiger partial charge on any atom is -0.343 e. The van der Waals surface area contributed by atoms with E-state index < -0.39 is 10.0 Å². The van der Waals surface area contributed by atoms with Crippen molar-refractivity contribution in [2.75, 3.05) is 42.2 Å². The van der Waals surface area contributed by atoms with E-state index in [2.05, 4.69) is 14.9 Å². The van der Waals surface area contributed by atoms with E-state index in [1.54, 1.807) is 15.5 Å². The Labute approximate surface area is 215 Å². The number of halogens is 1. The van der Waals surface area contributed by atoms with Crippen molar-refractivity contribution in [3.05, 3.63) is 52.3 Å². The van der Waals surface area contributed by atoms with Gasteiger partial charge in [-0.2, -0.15) is 5.10 Å². The number of carbonyl (C=O) groups excluding carboxylic acids is 1. The molecular weight excluding hydrogens is 502 g/mol. The maximum Gasteiger partial charge on any atom is 0.256 e. The Balaban J connectivity index is 1.49. The number of aromatic nitrogens is 3. The average molecular weight is 532 g/mol. The lowest BCUT2D eigenvalue weighted by Crippen LogP contribution is -2.42. The number of benzene rings is 1. The Hall–Kier alpha value is -2.89. The van der Waals surface area contributed by atoms with Crippen molar-refractivity contribution in [3.63, 3.8) is 0 Å². The summed E-state index contributed by atoms with van der Waals surface area (Å²) in [6.07, 6.45) is 6.68. The molecule has 12 heteroatoms. The zero-order chi connectivity index (χ0) is 25.4. The molecule has 4 heterocycles. The summed E-state index contributed by atoms with van der Waals surface area (Å²) in [4.78, 5) is 22.6. The summed E-state index contributed by atoms with van der Waals surface area (Å²) in [6, 6.07) is 6.29. The summed E-state index contributed by atoms with van der Waals surface area (Å²) in [7, 11) is -3.57. The Kier molecular flexibility index (Phi) is 6.80. The molecule has 0 saturated carbocycles. The SMILES string of the molecule is Cc1cn2nc([C@@H]3CCCCN3C(=O)c3cc(Cl)ccc3NS(C)(=O)=O)cc2nc1N1CCCNC1. The number of aryl methyl sites for hydroxylation is 1. The summed E-state index contributed by atoms with van der Waals surface area (Å²) < 4.78 is 28.0. The van der Waals surface area contributed by atoms with Gasteiger partial charge in [-0.1, -0.05) is 11.6 Å². The fourth-order valence-electron chi connectivity index (χ4n) is 4.99. The molecule has 0 bridgehead atoms. The molecule has 2 aromatic heterocycles. The van der Waals surface area contributed by atoms with E-state index in [1.807, 2.05) is 19.2 Å². The number of amides is 1. The monoisotopic (exact) mass is 531 g/mol. The Morgan fingerprint density at radius 1 is 1.19 bits per heavy atom. The van der Waals surface area contributed by atoms with Crippen molar-refractivity contribution < 1.29 is 13.2 Å². The second kappa shape index (κ2) is 9.87. The molecule has 1 aromatic carbocycles. The first-order chi connectivity index (χ1) is 17.2. The van der Waals surface area contributed by atoms with Crippen LogP contribution in [0.3, 0.4) is 0 Å². The van der Waals surface area contributed by atoms with E-state index in [0.717, 1.165) is 74.4 Å². The molecule has 0 spiro atoms. The third kappa shape index (κ3) is 5.14. The number of likely N-dealkylation sites (tertiary alicyclic amines) is 1. The van der Waals surface area contributed by atoms with Crippen molar-refractivity contribution in [1.29, 1.82) is 0 Å². The Morgan fingerprint density at radius 3 is 2.78 bits per heavy atom. The van der Waals surface area contributed by atoms with Gasteiger partial charge >= 0.3 is 0 Å². The van der Waals surface area contributed by atoms with Crippen LogP contribution in [0.2, 0.25) is 5.02 Å². The van der Waals surface area contributed by atoms with Crippen LogP contribution in [0.15, 0.2) is 30.5 Å². The minimum absolute atomic E-state index is 0.211. The minimum atomic E-state index is -3.57. The zero-order valence-corrected chi connectivity index (χ0v) is 21.9. The first-order valence-electron chi connectivity index (χ1n) is 12.1. The van der Waals surface area contributed by atoms with E-state index in [1.165, 1.54) is 12.1 Å². The standard InChI is InChI=1S/C24H30ClN7O3S/c1-16-14-32-22(27-23(16)30-10-5-9-26-15-30)13-20(28-32)21-6-3-4-11-31(21)24(33)18-12-17(25)7-8-19(18)29-36(2,34)35/h7-8,12-14,21,26,29H,3-6,9-11,15H2,1-2H3/t21-/m0/s1. The van der Waals surface area contributed by atoms with Crippen molar-refractivity contribution in [2.24, 2.45) is 0 Å². The molecule has 36 heavy (non-hydrogen) atoms. The molecule has 5 rings (SSSR count). The van der Waals surface area contributed by atoms with Gasteiger partial charge in [-0.3, -0.25) is 14.8 Å². The summed E-state index contributed by atoms with van der Waals surface area (Å²) in [5.41, 5.74) is 2.97. The molecule has 2 fully saturated rings. The molecule has 3 aromatic rings. The van der Waals surface area contributed by atoms with E-state index in [0.29, 0.717) is 11.6 Å². The maximum absolute atomic E-state index is 13.7. The lowest BCUT2D eigenvalue weighted by atomic mass is 9.98. The number of carbonyl (C=O) groups is 1. The van der Waals surface area contributed by atoms with Gasteiger partial charge in [-0.15, -0.1) is 0 Å². The molecule has 2 saturated heterocycles. The summed E-state index contributed by atoms with van der Waals surface area (Å²) >= 11 is 6.19. The molecule has 1 atom stereocenters. The van der Waals surface area contributed by atoms with Crippen LogP contribution in [0.5, 0.6) is 0 Å². The molecule has 1 amide bonds. The quantitative estimate of drug-likeness (QED) is 0.520. The van der Waals surface area contributed by atoms with Gasteiger partial charge in [0.2, 0.25) is 10.0 Å². The highest BCUT2D eigenvalue weighted by atomic mass is 35.5. The number of hydrogen-bond acceptors (Lipinski definition) is 7. The van der Waals surface area contributed by atoms with E-state index >= 15 is 0 Å². The molecule has 2 aliphatic heterocycles. The fraction of sp³-hybridized carbons (Fsp3) is 0.458. The van der Waals surface area contributed by atoms with Crippen molar-refractivity contribution in [1.82, 2.24) is 24.8 Å². The van der Waals surface area contributed by atoms with Gasteiger partial charge in [0, 0.05) is 35.9 Å². The normalized spacial score (nSPS) is 19.0. The second-order valence-corrected chi connectivity index (χ2v) is 11.7. The van der Waals surface area contributed by atoms with Gasteiger partial charge in [0.05, 0.1) is 35.9 Å². The van der Waals surface area contributed by atoms with Crippen molar-refractivity contribution >= 4 is 44.7 Å². The predicted octanol–water partition coefficient (Wildman–Crippen LogP) is 3.19. The van der Waals surface area contributed by atoms with E-state index in [4.69, 9.17) is 21.7 Å². The number of rotatable bonds is 5. The molecule has 10 nitrogen and oxygen atoms in total. The number of hydrogen-bond donors (Lipinski definition) is 2. The lowest BCUT2D eigenvalue weighted by molar-refractivity contribution is 0.0607. The topological polar surface area (TPSA) is 112 Å². The third-order valence-electron chi connectivity index (χ3n) is 6.62. The van der Waals surface area contributed by atoms with Gasteiger partial charge in [0.1, 0.15) is 5.82 Å². The molecule has 2 N–H and O–H groups in total. The van der Waals surface area contributed by atoms with Gasteiger partial charge in [-0.25, -0.2) is 17.9 Å². The van der Waals surface area contributed by atoms with Gasteiger partial charge in [0.15, 0.2) is 5.65 Å². The van der Waals surface area contributed by atoms with Crippen molar-refractivity contribution in [3.8, 4) is 0 Å². The third-order valence-corrected chi connectivity index (χ3v) is 7.45. The summed E-state index contributed by atoms with van der Waals surface area (Å²) in [6.45, 7) is 5.29. The van der Waals surface area contributed by atoms with Gasteiger partial charge < -0.3 is 9.80 Å². The number of nitrogens with zero attached hydrogens (tertiary/aromatic N) is 5. The van der Waals surface area contributed by atoms with Gasteiger partial charge in [-0.05, 0) is 57.4 Å². The van der Waals surface area contributed by atoms with Crippen LogP contribution < -0.4 is 14.9 Å². The highest BCUT2D eigenvalue weighted by molar-refractivity contribution is 7.92. The van der Waals surface area contributed by atoms with Crippen LogP contribution in [0.25, 0.3) is 5.65 Å². The molecule has 0 radical (unpaired) electrons. The van der Waals surface area contributed by atoms with Crippen LogP contribution >= 0.6 is 11.6 Å².